The first-order chi connectivity index (χ1) is 12.0. The summed E-state index contributed by atoms with van der Waals surface area (Å²) >= 11 is 5.77. The van der Waals surface area contributed by atoms with Gasteiger partial charge in [0.2, 0.25) is 0 Å². The van der Waals surface area contributed by atoms with Gasteiger partial charge in [0.25, 0.3) is 0 Å². The zero-order valence-electron chi connectivity index (χ0n) is 13.3. The minimum Gasteiger partial charge on any atom is -0.504 e. The summed E-state index contributed by atoms with van der Waals surface area (Å²) in [4.78, 5) is 23.4. The van der Waals surface area contributed by atoms with Crippen LogP contribution in [0.5, 0.6) is 11.5 Å². The highest BCUT2D eigenvalue weighted by Gasteiger charge is 2.12. The standard InChI is InChI=1S/C17H16ClN3O4/c1-25-14-4-2-3-12(15(14)22)10-20-21-17(24)16(23)19-9-11-5-7-13(18)8-6-11/h2-8,10,22H,9H2,1H3,(H,19,23)(H,21,24). The highest BCUT2D eigenvalue weighted by molar-refractivity contribution is 6.35. The highest BCUT2D eigenvalue weighted by Crippen LogP contribution is 2.27. The minimum atomic E-state index is -0.924. The van der Waals surface area contributed by atoms with Crippen molar-refractivity contribution in [1.82, 2.24) is 10.7 Å². The van der Waals surface area contributed by atoms with Gasteiger partial charge in [-0.2, -0.15) is 5.10 Å². The van der Waals surface area contributed by atoms with Gasteiger partial charge in [-0.25, -0.2) is 5.43 Å². The molecule has 0 aliphatic heterocycles. The van der Waals surface area contributed by atoms with Crippen LogP contribution in [0.15, 0.2) is 47.6 Å². The SMILES string of the molecule is COc1cccc(C=NNC(=O)C(=O)NCc2ccc(Cl)cc2)c1O. The van der Waals surface area contributed by atoms with Gasteiger partial charge in [0, 0.05) is 17.1 Å². The molecule has 7 nitrogen and oxygen atoms in total. The van der Waals surface area contributed by atoms with E-state index in [2.05, 4.69) is 15.8 Å². The van der Waals surface area contributed by atoms with Crippen LogP contribution < -0.4 is 15.5 Å². The Hall–Kier alpha value is -3.06. The summed E-state index contributed by atoms with van der Waals surface area (Å²) < 4.78 is 4.96. The maximum Gasteiger partial charge on any atom is 0.329 e. The number of rotatable bonds is 5. The van der Waals surface area contributed by atoms with Crippen molar-refractivity contribution >= 4 is 29.6 Å². The van der Waals surface area contributed by atoms with Crippen LogP contribution in [0.4, 0.5) is 0 Å². The van der Waals surface area contributed by atoms with Crippen LogP contribution in [0, 0.1) is 0 Å². The van der Waals surface area contributed by atoms with Crippen LogP contribution in [-0.4, -0.2) is 30.2 Å². The Morgan fingerprint density at radius 3 is 2.60 bits per heavy atom. The van der Waals surface area contributed by atoms with Crippen LogP contribution in [0.25, 0.3) is 0 Å². The summed E-state index contributed by atoms with van der Waals surface area (Å²) in [7, 11) is 1.42. The molecule has 0 spiro atoms. The molecular formula is C17H16ClN3O4. The lowest BCUT2D eigenvalue weighted by Crippen LogP contribution is -2.37. The number of hydrogen-bond acceptors (Lipinski definition) is 5. The zero-order chi connectivity index (χ0) is 18.2. The molecule has 3 N–H and O–H groups in total. The second-order valence-corrected chi connectivity index (χ2v) is 5.34. The maximum atomic E-state index is 11.7. The van der Waals surface area contributed by atoms with Gasteiger partial charge in [-0.1, -0.05) is 29.8 Å². The van der Waals surface area contributed by atoms with Gasteiger partial charge in [-0.15, -0.1) is 0 Å². The van der Waals surface area contributed by atoms with E-state index in [1.54, 1.807) is 42.5 Å². The van der Waals surface area contributed by atoms with Crippen molar-refractivity contribution in [2.45, 2.75) is 6.54 Å². The van der Waals surface area contributed by atoms with E-state index in [4.69, 9.17) is 16.3 Å². The highest BCUT2D eigenvalue weighted by atomic mass is 35.5. The molecule has 2 aromatic carbocycles. The van der Waals surface area contributed by atoms with E-state index in [0.29, 0.717) is 10.6 Å². The number of nitrogens with zero attached hydrogens (tertiary/aromatic N) is 1. The van der Waals surface area contributed by atoms with Crippen LogP contribution in [0.1, 0.15) is 11.1 Å². The molecule has 2 rings (SSSR count). The molecule has 25 heavy (non-hydrogen) atoms. The van der Waals surface area contributed by atoms with Crippen molar-refractivity contribution in [3.05, 3.63) is 58.6 Å². The molecule has 0 fully saturated rings. The predicted octanol–water partition coefficient (Wildman–Crippen LogP) is 1.82. The number of nitrogens with one attached hydrogen (secondary N) is 2. The topological polar surface area (TPSA) is 100 Å². The normalized spacial score (nSPS) is 10.5. The number of phenolic OH excluding ortho intramolecular Hbond substituents is 1. The molecule has 0 unspecified atom stereocenters. The third-order valence-corrected chi connectivity index (χ3v) is 3.44. The van der Waals surface area contributed by atoms with Crippen LogP contribution in [0.2, 0.25) is 5.02 Å². The molecule has 2 aromatic rings. The van der Waals surface area contributed by atoms with Gasteiger partial charge < -0.3 is 15.2 Å². The third kappa shape index (κ3) is 5.22. The lowest BCUT2D eigenvalue weighted by atomic mass is 10.2. The fourth-order valence-corrected chi connectivity index (χ4v) is 2.01. The Kier molecular flexibility index (Phi) is 6.36. The largest absolute Gasteiger partial charge is 0.504 e. The lowest BCUT2D eigenvalue weighted by Gasteiger charge is -2.05. The van der Waals surface area contributed by atoms with Crippen molar-refractivity contribution in [2.24, 2.45) is 5.10 Å². The first kappa shape index (κ1) is 18.3. The number of ether oxygens (including phenoxy) is 1. The van der Waals surface area contributed by atoms with Gasteiger partial charge in [0.15, 0.2) is 11.5 Å². The van der Waals surface area contributed by atoms with Gasteiger partial charge in [0.1, 0.15) is 0 Å². The Bertz CT molecular complexity index is 791. The molecule has 0 saturated heterocycles. The Morgan fingerprint density at radius 2 is 1.92 bits per heavy atom. The molecule has 0 saturated carbocycles. The van der Waals surface area contributed by atoms with E-state index in [9.17, 15) is 14.7 Å². The van der Waals surface area contributed by atoms with Crippen molar-refractivity contribution in [3.8, 4) is 11.5 Å². The van der Waals surface area contributed by atoms with Crippen molar-refractivity contribution in [1.29, 1.82) is 0 Å². The smallest absolute Gasteiger partial charge is 0.329 e. The van der Waals surface area contributed by atoms with Gasteiger partial charge in [-0.3, -0.25) is 9.59 Å². The monoisotopic (exact) mass is 361 g/mol. The zero-order valence-corrected chi connectivity index (χ0v) is 14.1. The Balaban J connectivity index is 1.87. The second-order valence-electron chi connectivity index (χ2n) is 4.91. The minimum absolute atomic E-state index is 0.116. The number of para-hydroxylation sites is 1. The first-order valence-electron chi connectivity index (χ1n) is 7.23. The van der Waals surface area contributed by atoms with Gasteiger partial charge >= 0.3 is 11.8 Å². The van der Waals surface area contributed by atoms with Crippen molar-refractivity contribution < 1.29 is 19.4 Å². The van der Waals surface area contributed by atoms with Crippen LogP contribution in [-0.2, 0) is 16.1 Å². The molecule has 2 amide bonds. The molecule has 0 atom stereocenters. The van der Waals surface area contributed by atoms with Gasteiger partial charge in [0.05, 0.1) is 13.3 Å². The summed E-state index contributed by atoms with van der Waals surface area (Å²) in [5.41, 5.74) is 3.22. The number of hydrogen-bond donors (Lipinski definition) is 3. The number of carbonyl (C=O) groups is 2. The number of carbonyl (C=O) groups excluding carboxylic acids is 2. The third-order valence-electron chi connectivity index (χ3n) is 3.19. The average Bonchev–Trinajstić information content (AvgIpc) is 2.62. The van der Waals surface area contributed by atoms with Crippen LogP contribution in [0.3, 0.4) is 0 Å². The number of hydrazone groups is 1. The first-order valence-corrected chi connectivity index (χ1v) is 7.60. The molecule has 0 aliphatic carbocycles. The number of amides is 2. The quantitative estimate of drug-likeness (QED) is 0.429. The molecule has 0 aliphatic rings. The Labute approximate surface area is 149 Å². The van der Waals surface area contributed by atoms with Crippen molar-refractivity contribution in [3.63, 3.8) is 0 Å². The average molecular weight is 362 g/mol. The van der Waals surface area contributed by atoms with Gasteiger partial charge in [-0.05, 0) is 29.8 Å². The molecule has 0 bridgehead atoms. The van der Waals surface area contributed by atoms with E-state index in [-0.39, 0.29) is 18.0 Å². The lowest BCUT2D eigenvalue weighted by molar-refractivity contribution is -0.139. The molecule has 0 radical (unpaired) electrons. The summed E-state index contributed by atoms with van der Waals surface area (Å²) in [6.45, 7) is 0.184. The Morgan fingerprint density at radius 1 is 1.20 bits per heavy atom. The summed E-state index contributed by atoms with van der Waals surface area (Å²) in [6.07, 6.45) is 1.21. The summed E-state index contributed by atoms with van der Waals surface area (Å²) in [6, 6.07) is 11.7. The van der Waals surface area contributed by atoms with E-state index < -0.39 is 11.8 Å². The number of halogens is 1. The number of aromatic hydroxyl groups is 1. The number of phenols is 1. The predicted molar refractivity (Wildman–Crippen MR) is 93.7 cm³/mol. The number of methoxy groups -OCH3 is 1. The fourth-order valence-electron chi connectivity index (χ4n) is 1.88. The number of benzene rings is 2. The molecule has 0 heterocycles. The second kappa shape index (κ2) is 8.70. The van der Waals surface area contributed by atoms with E-state index >= 15 is 0 Å². The maximum absolute atomic E-state index is 11.7. The fraction of sp³-hybridized carbons (Fsp3) is 0.118. The molecule has 8 heteroatoms. The van der Waals surface area contributed by atoms with Crippen molar-refractivity contribution in [2.75, 3.05) is 7.11 Å². The molecule has 130 valence electrons. The summed E-state index contributed by atoms with van der Waals surface area (Å²) in [5, 5.41) is 16.6. The van der Waals surface area contributed by atoms with Crippen LogP contribution >= 0.6 is 11.6 Å². The molecule has 0 aromatic heterocycles. The molecular weight excluding hydrogens is 346 g/mol. The summed E-state index contributed by atoms with van der Waals surface area (Å²) in [5.74, 6) is -1.60. The van der Waals surface area contributed by atoms with E-state index in [1.165, 1.54) is 13.3 Å². The van der Waals surface area contributed by atoms with E-state index in [1.807, 2.05) is 0 Å². The van der Waals surface area contributed by atoms with E-state index in [0.717, 1.165) is 5.56 Å².